The van der Waals surface area contributed by atoms with Gasteiger partial charge in [-0.2, -0.15) is 0 Å². The van der Waals surface area contributed by atoms with Crippen molar-refractivity contribution in [2.45, 2.75) is 53.6 Å². The third-order valence-electron chi connectivity index (χ3n) is 3.94. The van der Waals surface area contributed by atoms with Gasteiger partial charge in [0.15, 0.2) is 5.78 Å². The van der Waals surface area contributed by atoms with Gasteiger partial charge in [0.25, 0.3) is 0 Å². The van der Waals surface area contributed by atoms with Crippen LogP contribution in [0.1, 0.15) is 47.5 Å². The minimum atomic E-state index is -0.492. The summed E-state index contributed by atoms with van der Waals surface area (Å²) in [5.74, 6) is -0.949. The fourth-order valence-electron chi connectivity index (χ4n) is 2.86. The van der Waals surface area contributed by atoms with E-state index >= 15 is 0 Å². The molecule has 0 aliphatic heterocycles. The van der Waals surface area contributed by atoms with Gasteiger partial charge in [-0.15, -0.1) is 0 Å². The van der Waals surface area contributed by atoms with E-state index in [0.717, 1.165) is 18.4 Å². The highest BCUT2D eigenvalue weighted by atomic mass is 16.3. The molecule has 0 aromatic carbocycles. The SMILES string of the molecule is CC(=O)C(=O)/C=C/C=C(C)/C=C/C1=C(C)CC(O)CC1(C)C. The maximum atomic E-state index is 11.2. The number of ketones is 2. The summed E-state index contributed by atoms with van der Waals surface area (Å²) in [6, 6.07) is 0. The molecule has 1 aliphatic carbocycles. The van der Waals surface area contributed by atoms with Crippen LogP contribution >= 0.6 is 0 Å². The standard InChI is InChI=1S/C19H26O3/c1-13(7-6-8-18(22)15(3)20)9-10-17-14(2)11-16(21)12-19(17,4)5/h6-10,16,21H,11-12H2,1-5H3/b8-6+,10-9+,13-7+. The summed E-state index contributed by atoms with van der Waals surface area (Å²) in [5.41, 5.74) is 3.43. The minimum Gasteiger partial charge on any atom is -0.393 e. The molecule has 1 aliphatic rings. The number of allylic oxidation sites excluding steroid dienone is 7. The van der Waals surface area contributed by atoms with E-state index in [9.17, 15) is 14.7 Å². The molecular formula is C19H26O3. The predicted molar refractivity (Wildman–Crippen MR) is 89.4 cm³/mol. The van der Waals surface area contributed by atoms with E-state index in [-0.39, 0.29) is 11.5 Å². The molecule has 1 unspecified atom stereocenters. The van der Waals surface area contributed by atoms with Crippen LogP contribution in [0.25, 0.3) is 0 Å². The number of hydrogen-bond acceptors (Lipinski definition) is 3. The van der Waals surface area contributed by atoms with Crippen molar-refractivity contribution in [3.8, 4) is 0 Å². The molecule has 0 heterocycles. The van der Waals surface area contributed by atoms with Crippen LogP contribution in [0.3, 0.4) is 0 Å². The van der Waals surface area contributed by atoms with Crippen molar-refractivity contribution >= 4 is 11.6 Å². The molecule has 1 N–H and O–H groups in total. The van der Waals surface area contributed by atoms with E-state index in [1.807, 2.05) is 13.0 Å². The lowest BCUT2D eigenvalue weighted by atomic mass is 9.71. The fourth-order valence-corrected chi connectivity index (χ4v) is 2.86. The Kier molecular flexibility index (Phi) is 6.24. The molecule has 22 heavy (non-hydrogen) atoms. The molecule has 0 saturated heterocycles. The van der Waals surface area contributed by atoms with Crippen molar-refractivity contribution in [3.05, 3.63) is 47.1 Å². The lowest BCUT2D eigenvalue weighted by Crippen LogP contribution is -2.28. The second-order valence-electron chi connectivity index (χ2n) is 6.66. The summed E-state index contributed by atoms with van der Waals surface area (Å²) in [6.07, 6.45) is 10.0. The Labute approximate surface area is 133 Å². The van der Waals surface area contributed by atoms with Crippen molar-refractivity contribution in [2.24, 2.45) is 5.41 Å². The molecule has 120 valence electrons. The second kappa shape index (κ2) is 7.50. The number of Topliss-reactive ketones (excluding diaryl/α,β-unsaturated/α-hetero) is 1. The quantitative estimate of drug-likeness (QED) is 0.478. The number of carbonyl (C=O) groups excluding carboxylic acids is 2. The minimum absolute atomic E-state index is 0.0427. The van der Waals surface area contributed by atoms with E-state index in [0.29, 0.717) is 0 Å². The normalized spacial score (nSPS) is 22.6. The predicted octanol–water partition coefficient (Wildman–Crippen LogP) is 3.70. The summed E-state index contributed by atoms with van der Waals surface area (Å²) in [4.78, 5) is 22.0. The number of hydrogen-bond donors (Lipinski definition) is 1. The topological polar surface area (TPSA) is 54.4 Å². The first-order valence-corrected chi connectivity index (χ1v) is 7.59. The number of aliphatic hydroxyl groups excluding tert-OH is 1. The largest absolute Gasteiger partial charge is 0.393 e. The van der Waals surface area contributed by atoms with E-state index in [4.69, 9.17) is 0 Å². The third kappa shape index (κ3) is 5.23. The average molecular weight is 302 g/mol. The molecule has 1 atom stereocenters. The zero-order valence-electron chi connectivity index (χ0n) is 14.1. The van der Waals surface area contributed by atoms with Gasteiger partial charge in [-0.1, -0.05) is 49.3 Å². The molecule has 3 heteroatoms. The lowest BCUT2D eigenvalue weighted by molar-refractivity contribution is -0.132. The van der Waals surface area contributed by atoms with Crippen LogP contribution in [0, 0.1) is 5.41 Å². The number of rotatable bonds is 5. The van der Waals surface area contributed by atoms with Crippen molar-refractivity contribution < 1.29 is 14.7 Å². The Morgan fingerprint density at radius 1 is 1.23 bits per heavy atom. The first kappa shape index (κ1) is 18.3. The van der Waals surface area contributed by atoms with Gasteiger partial charge in [-0.05, 0) is 43.8 Å². The van der Waals surface area contributed by atoms with Crippen LogP contribution in [0.5, 0.6) is 0 Å². The van der Waals surface area contributed by atoms with Crippen LogP contribution in [0.2, 0.25) is 0 Å². The Morgan fingerprint density at radius 2 is 1.86 bits per heavy atom. The van der Waals surface area contributed by atoms with Gasteiger partial charge < -0.3 is 5.11 Å². The summed E-state index contributed by atoms with van der Waals surface area (Å²) in [6.45, 7) is 9.55. The van der Waals surface area contributed by atoms with Crippen LogP contribution in [0.4, 0.5) is 0 Å². The molecule has 0 radical (unpaired) electrons. The molecule has 0 aromatic heterocycles. The molecule has 0 saturated carbocycles. The zero-order valence-corrected chi connectivity index (χ0v) is 14.1. The van der Waals surface area contributed by atoms with Gasteiger partial charge in [0.1, 0.15) is 0 Å². The van der Waals surface area contributed by atoms with Gasteiger partial charge in [-0.25, -0.2) is 0 Å². The van der Waals surface area contributed by atoms with Crippen molar-refractivity contribution in [1.29, 1.82) is 0 Å². The Morgan fingerprint density at radius 3 is 2.41 bits per heavy atom. The van der Waals surface area contributed by atoms with Crippen LogP contribution < -0.4 is 0 Å². The van der Waals surface area contributed by atoms with Crippen molar-refractivity contribution in [2.75, 3.05) is 0 Å². The van der Waals surface area contributed by atoms with Crippen molar-refractivity contribution in [1.82, 2.24) is 0 Å². The highest BCUT2D eigenvalue weighted by Crippen LogP contribution is 2.40. The van der Waals surface area contributed by atoms with Gasteiger partial charge >= 0.3 is 0 Å². The lowest BCUT2D eigenvalue weighted by Gasteiger charge is -2.35. The van der Waals surface area contributed by atoms with E-state index < -0.39 is 11.6 Å². The monoisotopic (exact) mass is 302 g/mol. The van der Waals surface area contributed by atoms with E-state index in [1.54, 1.807) is 12.2 Å². The first-order valence-electron chi connectivity index (χ1n) is 7.59. The van der Waals surface area contributed by atoms with E-state index in [2.05, 4.69) is 26.8 Å². The van der Waals surface area contributed by atoms with Crippen LogP contribution in [-0.2, 0) is 9.59 Å². The average Bonchev–Trinajstić information content (AvgIpc) is 2.35. The summed E-state index contributed by atoms with van der Waals surface area (Å²) >= 11 is 0. The molecule has 0 bridgehead atoms. The van der Waals surface area contributed by atoms with Crippen molar-refractivity contribution in [3.63, 3.8) is 0 Å². The Hall–Kier alpha value is -1.74. The second-order valence-corrected chi connectivity index (χ2v) is 6.66. The Balaban J connectivity index is 2.85. The van der Waals surface area contributed by atoms with Gasteiger partial charge in [0.05, 0.1) is 6.10 Å². The maximum absolute atomic E-state index is 11.2. The third-order valence-corrected chi connectivity index (χ3v) is 3.94. The molecular weight excluding hydrogens is 276 g/mol. The zero-order chi connectivity index (χ0) is 16.9. The fraction of sp³-hybridized carbons (Fsp3) is 0.474. The molecule has 0 amide bonds. The number of aliphatic hydroxyl groups is 1. The Bertz CT molecular complexity index is 571. The van der Waals surface area contributed by atoms with Gasteiger partial charge in [-0.3, -0.25) is 9.59 Å². The maximum Gasteiger partial charge on any atom is 0.221 e. The highest BCUT2D eigenvalue weighted by Gasteiger charge is 2.31. The molecule has 3 nitrogen and oxygen atoms in total. The summed E-state index contributed by atoms with van der Waals surface area (Å²) < 4.78 is 0. The molecule has 0 fully saturated rings. The van der Waals surface area contributed by atoms with Gasteiger partial charge in [0, 0.05) is 6.92 Å². The summed E-state index contributed by atoms with van der Waals surface area (Å²) in [5, 5.41) is 9.89. The molecule has 1 rings (SSSR count). The summed E-state index contributed by atoms with van der Waals surface area (Å²) in [7, 11) is 0. The highest BCUT2D eigenvalue weighted by molar-refractivity contribution is 6.40. The van der Waals surface area contributed by atoms with Crippen LogP contribution in [-0.4, -0.2) is 22.8 Å². The number of carbonyl (C=O) groups is 2. The smallest absolute Gasteiger partial charge is 0.221 e. The molecule has 0 aromatic rings. The van der Waals surface area contributed by atoms with Crippen LogP contribution in [0.15, 0.2) is 47.1 Å². The van der Waals surface area contributed by atoms with E-state index in [1.165, 1.54) is 24.1 Å². The van der Waals surface area contributed by atoms with Gasteiger partial charge in [0.2, 0.25) is 5.78 Å². The first-order chi connectivity index (χ1) is 10.1. The molecule has 0 spiro atoms.